The van der Waals surface area contributed by atoms with Crippen molar-refractivity contribution in [1.82, 2.24) is 4.57 Å². The van der Waals surface area contributed by atoms with Gasteiger partial charge in [-0.1, -0.05) is 129 Å². The van der Waals surface area contributed by atoms with Crippen molar-refractivity contribution in [2.45, 2.75) is 173 Å². The van der Waals surface area contributed by atoms with Crippen LogP contribution >= 0.6 is 12.6 Å². The zero-order valence-corrected chi connectivity index (χ0v) is 36.4. The average molecular weight is 788 g/mol. The third kappa shape index (κ3) is 14.5. The molecule has 1 nitrogen and oxygen atoms in total. The largest absolute Gasteiger partial charge is 2.00 e. The molecule has 2 aromatic carbocycles. The zero-order chi connectivity index (χ0) is 30.6. The van der Waals surface area contributed by atoms with Gasteiger partial charge in [-0.2, -0.15) is 12.6 Å². The Hall–Kier alpha value is -0.371. The SMILES string of the molecule is C1CCCC1.C1CCCC1.CC(c1ccc2c(c1)c1cc(C(C)C3CCCC3)ccc1n2CCCCCCS)C1CCCC1.[CH3-].[CH3-].[CH3-].[CH3-].[Fe+2].[Fe+2]. The van der Waals surface area contributed by atoms with E-state index < -0.39 is 0 Å². The Kier molecular flexibility index (Phi) is 29.1. The Balaban J connectivity index is 0. The summed E-state index contributed by atoms with van der Waals surface area (Å²) in [6.45, 7) is 6.08. The number of hydrogen-bond acceptors (Lipinski definition) is 1. The average Bonchev–Trinajstić information content (AvgIpc) is 3.90. The van der Waals surface area contributed by atoms with E-state index in [0.717, 1.165) is 24.1 Å². The van der Waals surface area contributed by atoms with Gasteiger partial charge < -0.3 is 34.3 Å². The van der Waals surface area contributed by atoms with Crippen LogP contribution in [0.25, 0.3) is 21.8 Å². The topological polar surface area (TPSA) is 4.93 Å². The second-order valence-corrected chi connectivity index (χ2v) is 15.5. The van der Waals surface area contributed by atoms with Gasteiger partial charge >= 0.3 is 34.1 Å². The first kappa shape index (κ1) is 51.7. The minimum absolute atomic E-state index is 0. The van der Waals surface area contributed by atoms with Gasteiger partial charge in [-0.05, 0) is 103 Å². The maximum Gasteiger partial charge on any atom is 2.00 e. The van der Waals surface area contributed by atoms with Crippen LogP contribution in [0.4, 0.5) is 0 Å². The van der Waals surface area contributed by atoms with Crippen LogP contribution in [-0.2, 0) is 40.7 Å². The molecule has 0 spiro atoms. The van der Waals surface area contributed by atoms with Crippen molar-refractivity contribution in [3.05, 3.63) is 77.2 Å². The quantitative estimate of drug-likeness (QED) is 0.0904. The van der Waals surface area contributed by atoms with Crippen molar-refractivity contribution in [1.29, 1.82) is 0 Å². The summed E-state index contributed by atoms with van der Waals surface area (Å²) in [6, 6.07) is 14.9. The van der Waals surface area contributed by atoms with E-state index in [1.54, 1.807) is 11.1 Å². The fraction of sp³-hybridized carbons (Fsp3) is 0.652. The number of fused-ring (bicyclic) bond motifs is 3. The van der Waals surface area contributed by atoms with Crippen LogP contribution in [0.5, 0.6) is 0 Å². The summed E-state index contributed by atoms with van der Waals surface area (Å²) in [5.41, 5.74) is 6.00. The summed E-state index contributed by atoms with van der Waals surface area (Å²) in [4.78, 5) is 0. The molecule has 0 bridgehead atoms. The van der Waals surface area contributed by atoms with Crippen molar-refractivity contribution in [2.75, 3.05) is 5.75 Å². The second-order valence-electron chi connectivity index (χ2n) is 15.0. The van der Waals surface area contributed by atoms with E-state index in [4.69, 9.17) is 0 Å². The Morgan fingerprint density at radius 2 is 0.860 bits per heavy atom. The number of aryl methyl sites for hydroxylation is 1. The minimum atomic E-state index is 0. The molecule has 7 rings (SSSR count). The summed E-state index contributed by atoms with van der Waals surface area (Å²) < 4.78 is 2.62. The van der Waals surface area contributed by atoms with E-state index in [1.165, 1.54) is 163 Å². The zero-order valence-electron chi connectivity index (χ0n) is 33.3. The molecular weight excluding hydrogens is 710 g/mol. The third-order valence-electron chi connectivity index (χ3n) is 12.0. The van der Waals surface area contributed by atoms with Crippen molar-refractivity contribution in [3.8, 4) is 0 Å². The number of nitrogens with zero attached hydrogens (tertiary/aromatic N) is 1. The number of aromatic nitrogens is 1. The summed E-state index contributed by atoms with van der Waals surface area (Å²) in [5.74, 6) is 4.10. The van der Waals surface area contributed by atoms with E-state index >= 15 is 0 Å². The van der Waals surface area contributed by atoms with Crippen molar-refractivity contribution in [2.24, 2.45) is 11.8 Å². The fourth-order valence-corrected chi connectivity index (χ4v) is 9.13. The van der Waals surface area contributed by atoms with Crippen LogP contribution in [-0.4, -0.2) is 10.3 Å². The number of thiol groups is 1. The van der Waals surface area contributed by atoms with E-state index in [2.05, 4.69) is 67.4 Å². The van der Waals surface area contributed by atoms with Crippen molar-refractivity contribution >= 4 is 34.4 Å². The van der Waals surface area contributed by atoms with Gasteiger partial charge in [-0.3, -0.25) is 0 Å². The normalized spacial score (nSPS) is 18.1. The second kappa shape index (κ2) is 28.1. The number of unbranched alkanes of at least 4 members (excludes halogenated alkanes) is 3. The first-order chi connectivity index (χ1) is 21.7. The molecule has 4 heteroatoms. The maximum atomic E-state index is 4.39. The molecule has 50 heavy (non-hydrogen) atoms. The maximum absolute atomic E-state index is 4.39. The third-order valence-corrected chi connectivity index (χ3v) is 12.3. The summed E-state index contributed by atoms with van der Waals surface area (Å²) in [5, 5.41) is 2.99. The van der Waals surface area contributed by atoms with Gasteiger partial charge in [-0.15, -0.1) is 0 Å². The van der Waals surface area contributed by atoms with E-state index in [1.807, 2.05) is 0 Å². The van der Waals surface area contributed by atoms with Gasteiger partial charge in [-0.25, -0.2) is 0 Å². The molecule has 0 saturated heterocycles. The molecule has 0 aliphatic heterocycles. The van der Waals surface area contributed by atoms with Crippen LogP contribution in [0.3, 0.4) is 0 Å². The molecule has 2 atom stereocenters. The molecule has 1 heterocycles. The van der Waals surface area contributed by atoms with Gasteiger partial charge in [0.15, 0.2) is 0 Å². The van der Waals surface area contributed by atoms with Gasteiger partial charge in [0.05, 0.1) is 0 Å². The van der Waals surface area contributed by atoms with Crippen LogP contribution in [0, 0.1) is 41.5 Å². The first-order valence-electron chi connectivity index (χ1n) is 19.3. The van der Waals surface area contributed by atoms with E-state index in [0.29, 0.717) is 11.8 Å². The Morgan fingerprint density at radius 1 is 0.520 bits per heavy atom. The number of rotatable bonds is 10. The van der Waals surface area contributed by atoms with Gasteiger partial charge in [0.2, 0.25) is 0 Å². The smallest absolute Gasteiger partial charge is 0.358 e. The summed E-state index contributed by atoms with van der Waals surface area (Å²) in [6.07, 6.45) is 31.4. The van der Waals surface area contributed by atoms with Crippen molar-refractivity contribution in [3.63, 3.8) is 0 Å². The van der Waals surface area contributed by atoms with Crippen LogP contribution < -0.4 is 0 Å². The molecule has 0 N–H and O–H groups in total. The predicted molar refractivity (Wildman–Crippen MR) is 224 cm³/mol. The van der Waals surface area contributed by atoms with Gasteiger partial charge in [0.25, 0.3) is 0 Å². The molecule has 0 amide bonds. The standard InChI is InChI=1S/C32H45NS.2C5H10.4CH3.2Fe/c1-23(25-11-5-6-12-25)27-15-17-31-29(21-27)30-22-28(24(2)26-13-7-8-14-26)16-18-32(30)33(31)19-9-3-4-10-20-34;2*1-2-4-5-3-1;;;;;;/h15-18,21-26,34H,3-14,19-20H2,1-2H3;2*1-5H2;4*1H3;;/q;;;4*-1;2*+2. The molecule has 0 radical (unpaired) electrons. The van der Waals surface area contributed by atoms with E-state index in [9.17, 15) is 0 Å². The van der Waals surface area contributed by atoms with E-state index in [-0.39, 0.29) is 63.8 Å². The monoisotopic (exact) mass is 787 g/mol. The van der Waals surface area contributed by atoms with Crippen LogP contribution in [0.1, 0.15) is 178 Å². The molecule has 4 saturated carbocycles. The Bertz CT molecular complexity index is 1140. The molecule has 1 aromatic heterocycles. The van der Waals surface area contributed by atoms with Gasteiger partial charge in [0, 0.05) is 28.4 Å². The Labute approximate surface area is 339 Å². The number of hydrogen-bond donors (Lipinski definition) is 1. The molecule has 4 aliphatic rings. The molecule has 3 aromatic rings. The molecule has 2 unspecified atom stereocenters. The molecule has 288 valence electrons. The fourth-order valence-electron chi connectivity index (χ4n) is 8.91. The minimum Gasteiger partial charge on any atom is -0.358 e. The van der Waals surface area contributed by atoms with Crippen LogP contribution in [0.15, 0.2) is 36.4 Å². The first-order valence-corrected chi connectivity index (χ1v) is 20.0. The molecule has 4 fully saturated rings. The molecule has 4 aliphatic carbocycles. The van der Waals surface area contributed by atoms with Crippen molar-refractivity contribution < 1.29 is 34.1 Å². The molecular formula is C46H77Fe2NS. The predicted octanol–water partition coefficient (Wildman–Crippen LogP) is 15.6. The Morgan fingerprint density at radius 3 is 1.20 bits per heavy atom. The van der Waals surface area contributed by atoms with Crippen LogP contribution in [0.2, 0.25) is 0 Å². The van der Waals surface area contributed by atoms with Gasteiger partial charge in [0.1, 0.15) is 0 Å². The number of benzene rings is 2. The summed E-state index contributed by atoms with van der Waals surface area (Å²) in [7, 11) is 0. The summed E-state index contributed by atoms with van der Waals surface area (Å²) >= 11 is 4.39.